The topological polar surface area (TPSA) is 21.3 Å². The number of anilines is 3. The number of aromatic nitrogens is 1. The van der Waals surface area contributed by atoms with Gasteiger partial charge in [0.25, 0.3) is 0 Å². The molecule has 0 saturated heterocycles. The van der Waals surface area contributed by atoms with Crippen molar-refractivity contribution in [2.75, 3.05) is 4.90 Å². The lowest BCUT2D eigenvalue weighted by Gasteiger charge is -2.30. The van der Waals surface area contributed by atoms with Crippen molar-refractivity contribution in [3.63, 3.8) is 0 Å². The molecule has 0 amide bonds. The van der Waals surface area contributed by atoms with Gasteiger partial charge in [0.2, 0.25) is 0 Å². The number of furan rings is 1. The molecule has 284 valence electrons. The van der Waals surface area contributed by atoms with Gasteiger partial charge in [-0.15, -0.1) is 0 Å². The maximum Gasteiger partial charge on any atom is 0.138 e. The molecule has 11 aromatic rings. The van der Waals surface area contributed by atoms with Gasteiger partial charge in [-0.1, -0.05) is 153 Å². The molecule has 1 aliphatic carbocycles. The first-order valence-corrected chi connectivity index (χ1v) is 20.8. The Bertz CT molecular complexity index is 3450. The van der Waals surface area contributed by atoms with Gasteiger partial charge in [-0.2, -0.15) is 0 Å². The summed E-state index contributed by atoms with van der Waals surface area (Å²) in [4.78, 5) is 2.49. The Labute approximate surface area is 349 Å². The van der Waals surface area contributed by atoms with E-state index in [1.165, 1.54) is 55.2 Å². The number of nitrogens with zero attached hydrogens (tertiary/aromatic N) is 2. The predicted octanol–water partition coefficient (Wildman–Crippen LogP) is 15.8. The Morgan fingerprint density at radius 1 is 0.433 bits per heavy atom. The van der Waals surface area contributed by atoms with E-state index in [0.29, 0.717) is 0 Å². The van der Waals surface area contributed by atoms with Gasteiger partial charge in [0.1, 0.15) is 11.2 Å². The molecule has 0 atom stereocenters. The smallest absolute Gasteiger partial charge is 0.138 e. The Morgan fingerprint density at radius 3 is 1.92 bits per heavy atom. The molecule has 0 unspecified atom stereocenters. The molecule has 0 bridgehead atoms. The molecular formula is C57H40N2O. The van der Waals surface area contributed by atoms with Gasteiger partial charge in [-0.3, -0.25) is 0 Å². The van der Waals surface area contributed by atoms with Gasteiger partial charge >= 0.3 is 0 Å². The first-order valence-electron chi connectivity index (χ1n) is 20.8. The average Bonchev–Trinajstić information content (AvgIpc) is 3.93. The highest BCUT2D eigenvalue weighted by Crippen LogP contribution is 2.55. The number of benzene rings is 9. The fourth-order valence-corrected chi connectivity index (χ4v) is 9.95. The molecule has 0 saturated carbocycles. The van der Waals surface area contributed by atoms with Gasteiger partial charge in [0.05, 0.1) is 27.8 Å². The quantitative estimate of drug-likeness (QED) is 0.168. The third-order valence-corrected chi connectivity index (χ3v) is 12.8. The van der Waals surface area contributed by atoms with Gasteiger partial charge in [-0.05, 0) is 106 Å². The highest BCUT2D eigenvalue weighted by Gasteiger charge is 2.38. The number of para-hydroxylation sites is 3. The van der Waals surface area contributed by atoms with Crippen molar-refractivity contribution in [3.8, 4) is 39.1 Å². The molecule has 2 heterocycles. The number of hydrogen-bond donors (Lipinski definition) is 0. The summed E-state index contributed by atoms with van der Waals surface area (Å²) in [5, 5.41) is 4.62. The minimum absolute atomic E-state index is 0.154. The fraction of sp³-hybridized carbons (Fsp3) is 0.0526. The summed E-state index contributed by atoms with van der Waals surface area (Å²) < 4.78 is 9.20. The van der Waals surface area contributed by atoms with Crippen molar-refractivity contribution in [2.24, 2.45) is 0 Å². The molecule has 0 N–H and O–H groups in total. The van der Waals surface area contributed by atoms with Crippen molar-refractivity contribution in [2.45, 2.75) is 19.3 Å². The highest BCUT2D eigenvalue weighted by atomic mass is 16.3. The lowest BCUT2D eigenvalue weighted by Crippen LogP contribution is -2.16. The summed E-state index contributed by atoms with van der Waals surface area (Å²) in [5.41, 5.74) is 18.2. The summed E-state index contributed by atoms with van der Waals surface area (Å²) in [5.74, 6) is 0. The molecule has 12 rings (SSSR count). The summed E-state index contributed by atoms with van der Waals surface area (Å²) in [6.45, 7) is 4.71. The Kier molecular flexibility index (Phi) is 7.58. The first kappa shape index (κ1) is 34.4. The lowest BCUT2D eigenvalue weighted by molar-refractivity contribution is 0.660. The van der Waals surface area contributed by atoms with Crippen molar-refractivity contribution in [1.29, 1.82) is 0 Å². The van der Waals surface area contributed by atoms with Crippen molar-refractivity contribution >= 4 is 60.8 Å². The van der Waals surface area contributed by atoms with Gasteiger partial charge in [-0.25, -0.2) is 0 Å². The van der Waals surface area contributed by atoms with Crippen LogP contribution in [0.25, 0.3) is 82.8 Å². The maximum atomic E-state index is 6.82. The SMILES string of the molecule is CC1(C)c2ccccc2-c2c(N(c3ccc(-c4ccccc4)cc3)c3cc(-c4ccc5c(c4)c4ccccc4n5-c4ccccc4)cc4oc5ccccc5c34)cccc21. The van der Waals surface area contributed by atoms with Crippen LogP contribution >= 0.6 is 0 Å². The van der Waals surface area contributed by atoms with E-state index in [1.807, 2.05) is 0 Å². The summed E-state index contributed by atoms with van der Waals surface area (Å²) in [6, 6.07) is 74.9. The van der Waals surface area contributed by atoms with E-state index >= 15 is 0 Å². The second-order valence-corrected chi connectivity index (χ2v) is 16.5. The van der Waals surface area contributed by atoms with E-state index < -0.39 is 0 Å². The van der Waals surface area contributed by atoms with Crippen LogP contribution in [0.15, 0.2) is 211 Å². The van der Waals surface area contributed by atoms with E-state index in [-0.39, 0.29) is 5.41 Å². The van der Waals surface area contributed by atoms with Crippen LogP contribution in [0.2, 0.25) is 0 Å². The molecule has 3 nitrogen and oxygen atoms in total. The van der Waals surface area contributed by atoms with Crippen LogP contribution in [-0.4, -0.2) is 4.57 Å². The maximum absolute atomic E-state index is 6.82. The standard InChI is InChI=1S/C57H40N2O/c1-57(2)47-23-12-9-21-44(47)55-48(57)24-15-26-51(55)59(42-31-28-38(29-32-42)37-16-5-3-6-17-37)52-35-40(36-54-56(52)45-22-11-14-27-53(45)60-54)39-30-33-50-46(34-39)43-20-10-13-25-49(43)58(50)41-18-7-4-8-19-41/h3-36H,1-2H3. The monoisotopic (exact) mass is 768 g/mol. The van der Waals surface area contributed by atoms with Gasteiger partial charge < -0.3 is 13.9 Å². The van der Waals surface area contributed by atoms with Crippen molar-refractivity contribution in [1.82, 2.24) is 4.57 Å². The van der Waals surface area contributed by atoms with E-state index in [4.69, 9.17) is 4.42 Å². The summed E-state index contributed by atoms with van der Waals surface area (Å²) in [7, 11) is 0. The lowest BCUT2D eigenvalue weighted by atomic mass is 9.82. The van der Waals surface area contributed by atoms with Crippen LogP contribution in [0.5, 0.6) is 0 Å². The number of fused-ring (bicyclic) bond motifs is 9. The average molecular weight is 769 g/mol. The van der Waals surface area contributed by atoms with E-state index in [0.717, 1.165) is 55.8 Å². The molecular weight excluding hydrogens is 729 g/mol. The van der Waals surface area contributed by atoms with E-state index in [2.05, 4.69) is 230 Å². The minimum atomic E-state index is -0.154. The van der Waals surface area contributed by atoms with Crippen molar-refractivity contribution < 1.29 is 4.42 Å². The van der Waals surface area contributed by atoms with Crippen LogP contribution < -0.4 is 4.90 Å². The van der Waals surface area contributed by atoms with Gasteiger partial charge in [0.15, 0.2) is 0 Å². The number of hydrogen-bond acceptors (Lipinski definition) is 2. The Balaban J connectivity index is 1.14. The fourth-order valence-electron chi connectivity index (χ4n) is 9.95. The van der Waals surface area contributed by atoms with Crippen LogP contribution in [0.3, 0.4) is 0 Å². The number of rotatable bonds is 6. The van der Waals surface area contributed by atoms with E-state index in [1.54, 1.807) is 0 Å². The van der Waals surface area contributed by atoms with Crippen LogP contribution in [0.4, 0.5) is 17.1 Å². The molecule has 60 heavy (non-hydrogen) atoms. The second-order valence-electron chi connectivity index (χ2n) is 16.5. The zero-order valence-electron chi connectivity index (χ0n) is 33.4. The van der Waals surface area contributed by atoms with Gasteiger partial charge in [0, 0.05) is 38.5 Å². The first-order chi connectivity index (χ1) is 29.5. The molecule has 0 spiro atoms. The molecule has 9 aromatic carbocycles. The summed E-state index contributed by atoms with van der Waals surface area (Å²) in [6.07, 6.45) is 0. The van der Waals surface area contributed by atoms with Crippen LogP contribution in [-0.2, 0) is 5.41 Å². The minimum Gasteiger partial charge on any atom is -0.456 e. The second kappa shape index (κ2) is 13.2. The largest absolute Gasteiger partial charge is 0.456 e. The Hall–Kier alpha value is -7.62. The molecule has 2 aromatic heterocycles. The zero-order valence-corrected chi connectivity index (χ0v) is 33.4. The van der Waals surface area contributed by atoms with E-state index in [9.17, 15) is 0 Å². The Morgan fingerprint density at radius 2 is 1.08 bits per heavy atom. The van der Waals surface area contributed by atoms with Crippen LogP contribution in [0, 0.1) is 0 Å². The molecule has 3 heteroatoms. The molecule has 0 aliphatic heterocycles. The molecule has 1 aliphatic rings. The normalized spacial score (nSPS) is 13.0. The third-order valence-electron chi connectivity index (χ3n) is 12.8. The van der Waals surface area contributed by atoms with Crippen molar-refractivity contribution in [3.05, 3.63) is 217 Å². The predicted molar refractivity (Wildman–Crippen MR) is 251 cm³/mol. The molecule has 0 fully saturated rings. The zero-order chi connectivity index (χ0) is 40.0. The molecule has 0 radical (unpaired) electrons. The highest BCUT2D eigenvalue weighted by molar-refractivity contribution is 6.16. The third kappa shape index (κ3) is 5.15. The van der Waals surface area contributed by atoms with Crippen LogP contribution in [0.1, 0.15) is 25.0 Å². The summed E-state index contributed by atoms with van der Waals surface area (Å²) >= 11 is 0.